The summed E-state index contributed by atoms with van der Waals surface area (Å²) in [6, 6.07) is 4.92. The lowest BCUT2D eigenvalue weighted by atomic mass is 9.97. The second-order valence-electron chi connectivity index (χ2n) is 7.19. The van der Waals surface area contributed by atoms with Gasteiger partial charge in [-0.3, -0.25) is 9.52 Å². The number of rotatable bonds is 3. The summed E-state index contributed by atoms with van der Waals surface area (Å²) < 4.78 is 32.9. The summed E-state index contributed by atoms with van der Waals surface area (Å²) in [7, 11) is -2.13. The first-order valence-electron chi connectivity index (χ1n) is 7.95. The van der Waals surface area contributed by atoms with Crippen molar-refractivity contribution < 1.29 is 17.6 Å². The van der Waals surface area contributed by atoms with Crippen molar-refractivity contribution in [2.75, 3.05) is 18.3 Å². The first-order chi connectivity index (χ1) is 11.6. The number of carbonyl (C=O) groups is 1. The summed E-state index contributed by atoms with van der Waals surface area (Å²) in [6.07, 6.45) is 1.89. The van der Waals surface area contributed by atoms with Crippen LogP contribution in [0.3, 0.4) is 0 Å². The number of amides is 1. The van der Waals surface area contributed by atoms with E-state index in [0.29, 0.717) is 30.1 Å². The molecule has 2 heterocycles. The third-order valence-corrected chi connectivity index (χ3v) is 5.26. The molecule has 0 spiro atoms. The summed E-state index contributed by atoms with van der Waals surface area (Å²) in [5, 5.41) is -0.231. The van der Waals surface area contributed by atoms with E-state index in [1.165, 1.54) is 6.20 Å². The fraction of sp³-hybridized carbons (Fsp3) is 0.412. The first-order valence-corrected chi connectivity index (χ1v) is 9.44. The zero-order valence-electron chi connectivity index (χ0n) is 14.7. The van der Waals surface area contributed by atoms with Gasteiger partial charge in [0.15, 0.2) is 0 Å². The molecule has 0 unspecified atom stereocenters. The maximum absolute atomic E-state index is 12.5. The number of likely N-dealkylation sites (N-methyl/N-ethyl adjacent to an activating group) is 1. The lowest BCUT2D eigenvalue weighted by molar-refractivity contribution is 0.0781. The van der Waals surface area contributed by atoms with Crippen LogP contribution in [0.2, 0.25) is 0 Å². The van der Waals surface area contributed by atoms with E-state index in [-0.39, 0.29) is 16.4 Å². The Labute approximate surface area is 147 Å². The third-order valence-electron chi connectivity index (χ3n) is 4.04. The number of hydrogen-bond donors (Lipinski definition) is 1. The summed E-state index contributed by atoms with van der Waals surface area (Å²) in [5.41, 5.74) is 1.44. The molecule has 8 heteroatoms. The number of carbonyl (C=O) groups excluding carboxylic acids is 1. The van der Waals surface area contributed by atoms with Crippen LogP contribution in [0.5, 0.6) is 0 Å². The number of hydrogen-bond acceptors (Lipinski definition) is 5. The van der Waals surface area contributed by atoms with Crippen LogP contribution >= 0.6 is 0 Å². The Morgan fingerprint density at radius 2 is 2.00 bits per heavy atom. The molecular formula is C17H21N3O4S. The number of fused-ring (bicyclic) bond motifs is 1. The normalized spacial score (nSPS) is 15.2. The minimum absolute atomic E-state index is 0.0549. The van der Waals surface area contributed by atoms with Crippen molar-refractivity contribution in [1.29, 1.82) is 0 Å². The zero-order valence-corrected chi connectivity index (χ0v) is 15.5. The molecule has 0 fully saturated rings. The molecule has 1 aromatic carbocycles. The van der Waals surface area contributed by atoms with Gasteiger partial charge >= 0.3 is 0 Å². The minimum Gasteiger partial charge on any atom is -0.427 e. The van der Waals surface area contributed by atoms with Crippen LogP contribution in [0.25, 0.3) is 0 Å². The summed E-state index contributed by atoms with van der Waals surface area (Å²) in [4.78, 5) is 17.8. The van der Waals surface area contributed by atoms with Crippen molar-refractivity contribution in [2.45, 2.75) is 37.7 Å². The first kappa shape index (κ1) is 17.5. The van der Waals surface area contributed by atoms with E-state index >= 15 is 0 Å². The van der Waals surface area contributed by atoms with Gasteiger partial charge in [0.25, 0.3) is 21.0 Å². The number of benzene rings is 1. The van der Waals surface area contributed by atoms with Crippen molar-refractivity contribution in [3.8, 4) is 0 Å². The highest BCUT2D eigenvalue weighted by Gasteiger charge is 2.27. The van der Waals surface area contributed by atoms with E-state index in [1.54, 1.807) is 30.1 Å². The van der Waals surface area contributed by atoms with E-state index < -0.39 is 10.0 Å². The summed E-state index contributed by atoms with van der Waals surface area (Å²) in [6.45, 7) is 6.28. The van der Waals surface area contributed by atoms with E-state index in [4.69, 9.17) is 4.42 Å². The van der Waals surface area contributed by atoms with Crippen molar-refractivity contribution in [2.24, 2.45) is 0 Å². The van der Waals surface area contributed by atoms with Gasteiger partial charge in [0.2, 0.25) is 5.89 Å². The fourth-order valence-electron chi connectivity index (χ4n) is 2.60. The predicted molar refractivity (Wildman–Crippen MR) is 93.1 cm³/mol. The Hall–Kier alpha value is -2.35. The number of nitrogens with one attached hydrogen (secondary N) is 1. The van der Waals surface area contributed by atoms with Crippen molar-refractivity contribution in [1.82, 2.24) is 9.88 Å². The second-order valence-corrected chi connectivity index (χ2v) is 8.80. The molecule has 1 aliphatic rings. The standard InChI is InChI=1S/C17H21N3O4S/c1-17(2,3)16-18-10-14(24-16)25(22,23)19-12-5-6-13-11(9-12)7-8-20(4)15(13)21/h5-6,9-10,19H,7-8H2,1-4H3. The Bertz CT molecular complexity index is 926. The van der Waals surface area contributed by atoms with Gasteiger partial charge in [-0.1, -0.05) is 20.8 Å². The lowest BCUT2D eigenvalue weighted by Crippen LogP contribution is -2.34. The van der Waals surface area contributed by atoms with Gasteiger partial charge in [-0.25, -0.2) is 4.98 Å². The quantitative estimate of drug-likeness (QED) is 0.904. The fourth-order valence-corrected chi connectivity index (χ4v) is 3.52. The highest BCUT2D eigenvalue weighted by Crippen LogP contribution is 2.26. The zero-order chi connectivity index (χ0) is 18.4. The highest BCUT2D eigenvalue weighted by atomic mass is 32.2. The second kappa shape index (κ2) is 5.87. The maximum Gasteiger partial charge on any atom is 0.297 e. The molecule has 25 heavy (non-hydrogen) atoms. The monoisotopic (exact) mass is 363 g/mol. The molecule has 1 aromatic heterocycles. The lowest BCUT2D eigenvalue weighted by Gasteiger charge is -2.25. The molecule has 1 amide bonds. The average Bonchev–Trinajstić information content (AvgIpc) is 3.02. The number of oxazole rings is 1. The Kier molecular flexibility index (Phi) is 4.10. The molecule has 0 bridgehead atoms. The van der Waals surface area contributed by atoms with Crippen LogP contribution in [-0.4, -0.2) is 37.8 Å². The average molecular weight is 363 g/mol. The van der Waals surface area contributed by atoms with Crippen LogP contribution in [0.4, 0.5) is 5.69 Å². The molecule has 0 radical (unpaired) electrons. The molecular weight excluding hydrogens is 342 g/mol. The molecule has 0 aliphatic carbocycles. The molecule has 3 rings (SSSR count). The SMILES string of the molecule is CN1CCc2cc(NS(=O)(=O)c3cnc(C(C)(C)C)o3)ccc2C1=O. The van der Waals surface area contributed by atoms with E-state index in [2.05, 4.69) is 9.71 Å². The molecule has 1 aliphatic heterocycles. The Balaban J connectivity index is 1.87. The largest absolute Gasteiger partial charge is 0.427 e. The Morgan fingerprint density at radius 3 is 2.64 bits per heavy atom. The molecule has 0 atom stereocenters. The molecule has 134 valence electrons. The van der Waals surface area contributed by atoms with Crippen LogP contribution in [0.15, 0.2) is 33.9 Å². The van der Waals surface area contributed by atoms with Crippen LogP contribution in [-0.2, 0) is 21.9 Å². The van der Waals surface area contributed by atoms with E-state index in [1.807, 2.05) is 20.8 Å². The third kappa shape index (κ3) is 3.39. The van der Waals surface area contributed by atoms with Gasteiger partial charge in [0, 0.05) is 30.3 Å². The summed E-state index contributed by atoms with van der Waals surface area (Å²) >= 11 is 0. The number of anilines is 1. The molecule has 0 saturated carbocycles. The van der Waals surface area contributed by atoms with E-state index in [9.17, 15) is 13.2 Å². The topological polar surface area (TPSA) is 92.5 Å². The molecule has 2 aromatic rings. The van der Waals surface area contributed by atoms with Crippen molar-refractivity contribution in [3.05, 3.63) is 41.4 Å². The molecule has 7 nitrogen and oxygen atoms in total. The minimum atomic E-state index is -3.88. The number of nitrogens with zero attached hydrogens (tertiary/aromatic N) is 2. The smallest absolute Gasteiger partial charge is 0.297 e. The number of sulfonamides is 1. The van der Waals surface area contributed by atoms with Crippen LogP contribution < -0.4 is 4.72 Å². The van der Waals surface area contributed by atoms with E-state index in [0.717, 1.165) is 5.56 Å². The Morgan fingerprint density at radius 1 is 1.28 bits per heavy atom. The number of aromatic nitrogens is 1. The van der Waals surface area contributed by atoms with Gasteiger partial charge in [0.05, 0.1) is 6.20 Å². The summed E-state index contributed by atoms with van der Waals surface area (Å²) in [5.74, 6) is 0.299. The van der Waals surface area contributed by atoms with Gasteiger partial charge in [-0.05, 0) is 30.2 Å². The highest BCUT2D eigenvalue weighted by molar-refractivity contribution is 7.92. The van der Waals surface area contributed by atoms with Gasteiger partial charge in [-0.15, -0.1) is 0 Å². The molecule has 1 N–H and O–H groups in total. The van der Waals surface area contributed by atoms with Crippen molar-refractivity contribution >= 4 is 21.6 Å². The van der Waals surface area contributed by atoms with Crippen LogP contribution in [0.1, 0.15) is 42.6 Å². The maximum atomic E-state index is 12.5. The van der Waals surface area contributed by atoms with Crippen molar-refractivity contribution in [3.63, 3.8) is 0 Å². The van der Waals surface area contributed by atoms with Gasteiger partial charge in [0.1, 0.15) is 0 Å². The molecule has 0 saturated heterocycles. The van der Waals surface area contributed by atoms with Gasteiger partial charge < -0.3 is 9.32 Å². The van der Waals surface area contributed by atoms with Crippen LogP contribution in [0, 0.1) is 0 Å². The predicted octanol–water partition coefficient (Wildman–Crippen LogP) is 2.40. The van der Waals surface area contributed by atoms with Gasteiger partial charge in [-0.2, -0.15) is 8.42 Å².